The predicted molar refractivity (Wildman–Crippen MR) is 128 cm³/mol. The summed E-state index contributed by atoms with van der Waals surface area (Å²) < 4.78 is 16.1. The number of rotatable bonds is 9. The lowest BCUT2D eigenvalue weighted by Gasteiger charge is -2.36. The van der Waals surface area contributed by atoms with Gasteiger partial charge in [0.15, 0.2) is 5.17 Å². The lowest BCUT2D eigenvalue weighted by Crippen LogP contribution is -2.38. The molecule has 2 aliphatic heterocycles. The van der Waals surface area contributed by atoms with Crippen LogP contribution in [-0.4, -0.2) is 75.4 Å². The first kappa shape index (κ1) is 24.7. The topological polar surface area (TPSA) is 92.7 Å². The van der Waals surface area contributed by atoms with Crippen molar-refractivity contribution < 1.29 is 23.8 Å². The summed E-state index contributed by atoms with van der Waals surface area (Å²) in [6.07, 6.45) is 0.155. The van der Waals surface area contributed by atoms with Crippen molar-refractivity contribution in [3.63, 3.8) is 0 Å². The highest BCUT2D eigenvalue weighted by atomic mass is 32.2. The Morgan fingerprint density at radius 3 is 2.61 bits per heavy atom. The summed E-state index contributed by atoms with van der Waals surface area (Å²) in [5, 5.41) is 5.54. The molecule has 2 heterocycles. The molecule has 1 aromatic carbocycles. The van der Waals surface area contributed by atoms with Gasteiger partial charge in [-0.2, -0.15) is 0 Å². The molecule has 1 unspecified atom stereocenters. The van der Waals surface area contributed by atoms with Crippen molar-refractivity contribution in [2.45, 2.75) is 19.4 Å². The van der Waals surface area contributed by atoms with E-state index in [-0.39, 0.29) is 12.3 Å². The average molecular weight is 475 g/mol. The molecule has 0 aliphatic carbocycles. The Labute approximate surface area is 198 Å². The van der Waals surface area contributed by atoms with Crippen LogP contribution in [0.5, 0.6) is 11.5 Å². The number of benzene rings is 1. The monoisotopic (exact) mass is 474 g/mol. The Hall–Kier alpha value is -2.98. The lowest BCUT2D eigenvalue weighted by molar-refractivity contribution is -0.136. The second kappa shape index (κ2) is 10.8. The van der Waals surface area contributed by atoms with Gasteiger partial charge in [-0.3, -0.25) is 4.79 Å². The predicted octanol–water partition coefficient (Wildman–Crippen LogP) is 2.52. The largest absolute Gasteiger partial charge is 0.497 e. The van der Waals surface area contributed by atoms with Crippen LogP contribution in [0.15, 0.2) is 45.6 Å². The zero-order valence-electron chi connectivity index (χ0n) is 19.8. The Balaban J connectivity index is 2.00. The second-order valence-electron chi connectivity index (χ2n) is 7.82. The van der Waals surface area contributed by atoms with E-state index in [1.807, 2.05) is 41.4 Å². The summed E-state index contributed by atoms with van der Waals surface area (Å²) in [5.74, 6) is 0.607. The van der Waals surface area contributed by atoms with E-state index in [2.05, 4.69) is 10.3 Å². The number of hydrogen-bond donors (Lipinski definition) is 1. The minimum absolute atomic E-state index is 0.101. The number of nitrogens with zero attached hydrogens (tertiary/aromatic N) is 3. The summed E-state index contributed by atoms with van der Waals surface area (Å²) in [6, 6.07) is 4.88. The Morgan fingerprint density at radius 2 is 1.97 bits per heavy atom. The van der Waals surface area contributed by atoms with Crippen LogP contribution >= 0.6 is 11.8 Å². The molecule has 0 aromatic heterocycles. The summed E-state index contributed by atoms with van der Waals surface area (Å²) >= 11 is 1.42. The number of amides is 1. The third kappa shape index (κ3) is 5.33. The van der Waals surface area contributed by atoms with Gasteiger partial charge in [0.1, 0.15) is 11.5 Å². The van der Waals surface area contributed by atoms with Crippen LogP contribution in [0, 0.1) is 0 Å². The molecule has 10 heteroatoms. The molecule has 1 amide bonds. The SMILES string of the molecule is COC(=O)C1=C(C)N=C2SC=C(CC(=O)NCCN(C)C)N2C1c1ccc(OC)cc1OC. The number of ether oxygens (including phenoxy) is 3. The molecule has 3 rings (SSSR count). The number of carbonyl (C=O) groups excluding carboxylic acids is 2. The van der Waals surface area contributed by atoms with Gasteiger partial charge in [-0.15, -0.1) is 0 Å². The first-order valence-corrected chi connectivity index (χ1v) is 11.3. The Kier molecular flexibility index (Phi) is 8.04. The fraction of sp³-hybridized carbons (Fsp3) is 0.435. The molecule has 0 fully saturated rings. The van der Waals surface area contributed by atoms with Gasteiger partial charge >= 0.3 is 5.97 Å². The minimum atomic E-state index is -0.568. The zero-order chi connectivity index (χ0) is 24.1. The van der Waals surface area contributed by atoms with E-state index in [0.29, 0.717) is 34.5 Å². The first-order valence-electron chi connectivity index (χ1n) is 10.5. The molecular formula is C23H30N4O5S. The summed E-state index contributed by atoms with van der Waals surface area (Å²) in [5.41, 5.74) is 2.45. The van der Waals surface area contributed by atoms with Crippen LogP contribution in [0.25, 0.3) is 0 Å². The van der Waals surface area contributed by atoms with E-state index in [9.17, 15) is 9.59 Å². The molecular weight excluding hydrogens is 444 g/mol. The quantitative estimate of drug-likeness (QED) is 0.546. The molecule has 0 saturated carbocycles. The number of fused-ring (bicyclic) bond motifs is 1. The number of thioether (sulfide) groups is 1. The van der Waals surface area contributed by atoms with Crippen molar-refractivity contribution in [2.24, 2.45) is 4.99 Å². The molecule has 0 radical (unpaired) electrons. The number of amidine groups is 1. The molecule has 0 bridgehead atoms. The van der Waals surface area contributed by atoms with Crippen molar-refractivity contribution in [1.29, 1.82) is 0 Å². The minimum Gasteiger partial charge on any atom is -0.497 e. The third-order valence-corrected chi connectivity index (χ3v) is 6.25. The van der Waals surface area contributed by atoms with Crippen LogP contribution < -0.4 is 14.8 Å². The van der Waals surface area contributed by atoms with Gasteiger partial charge < -0.3 is 29.3 Å². The summed E-state index contributed by atoms with van der Waals surface area (Å²) in [4.78, 5) is 34.1. The van der Waals surface area contributed by atoms with Crippen LogP contribution in [-0.2, 0) is 14.3 Å². The zero-order valence-corrected chi connectivity index (χ0v) is 20.6. The number of likely N-dealkylation sites (N-methyl/N-ethyl adjacent to an activating group) is 1. The molecule has 0 saturated heterocycles. The van der Waals surface area contributed by atoms with Gasteiger partial charge in [-0.1, -0.05) is 11.8 Å². The smallest absolute Gasteiger partial charge is 0.338 e. The second-order valence-corrected chi connectivity index (χ2v) is 8.66. The van der Waals surface area contributed by atoms with Crippen molar-refractivity contribution in [3.8, 4) is 11.5 Å². The van der Waals surface area contributed by atoms with Crippen molar-refractivity contribution in [1.82, 2.24) is 15.1 Å². The van der Waals surface area contributed by atoms with Gasteiger partial charge in [-0.05, 0) is 38.6 Å². The summed E-state index contributed by atoms with van der Waals surface area (Å²) in [6.45, 7) is 3.08. The number of esters is 1. The first-order chi connectivity index (χ1) is 15.8. The molecule has 2 aliphatic rings. The normalized spacial score (nSPS) is 17.4. The highest BCUT2D eigenvalue weighted by Gasteiger charge is 2.42. The van der Waals surface area contributed by atoms with Crippen LogP contribution in [0.2, 0.25) is 0 Å². The molecule has 33 heavy (non-hydrogen) atoms. The highest BCUT2D eigenvalue weighted by Crippen LogP contribution is 2.47. The molecule has 1 N–H and O–H groups in total. The maximum Gasteiger partial charge on any atom is 0.338 e. The van der Waals surface area contributed by atoms with Gasteiger partial charge in [0, 0.05) is 30.4 Å². The van der Waals surface area contributed by atoms with Gasteiger partial charge in [0.25, 0.3) is 0 Å². The van der Waals surface area contributed by atoms with Crippen molar-refractivity contribution in [3.05, 3.63) is 46.1 Å². The number of carbonyl (C=O) groups is 2. The number of hydrogen-bond acceptors (Lipinski definition) is 9. The van der Waals surface area contributed by atoms with Crippen molar-refractivity contribution >= 4 is 28.8 Å². The van der Waals surface area contributed by atoms with Gasteiger partial charge in [0.2, 0.25) is 5.91 Å². The molecule has 178 valence electrons. The van der Waals surface area contributed by atoms with Crippen LogP contribution in [0.4, 0.5) is 0 Å². The van der Waals surface area contributed by atoms with Crippen molar-refractivity contribution in [2.75, 3.05) is 48.5 Å². The van der Waals surface area contributed by atoms with E-state index in [4.69, 9.17) is 14.2 Å². The average Bonchev–Trinajstić information content (AvgIpc) is 3.18. The Morgan fingerprint density at radius 1 is 1.21 bits per heavy atom. The highest BCUT2D eigenvalue weighted by molar-refractivity contribution is 8.16. The van der Waals surface area contributed by atoms with E-state index in [1.165, 1.54) is 18.9 Å². The van der Waals surface area contributed by atoms with E-state index >= 15 is 0 Å². The molecule has 1 atom stereocenters. The summed E-state index contributed by atoms with van der Waals surface area (Å²) in [7, 11) is 8.40. The van der Waals surface area contributed by atoms with Gasteiger partial charge in [-0.25, -0.2) is 9.79 Å². The maximum absolute atomic E-state index is 12.9. The molecule has 1 aromatic rings. The molecule has 9 nitrogen and oxygen atoms in total. The third-order valence-electron chi connectivity index (χ3n) is 5.36. The van der Waals surface area contributed by atoms with Crippen LogP contribution in [0.3, 0.4) is 0 Å². The van der Waals surface area contributed by atoms with Gasteiger partial charge in [0.05, 0.1) is 45.1 Å². The standard InChI is InChI=1S/C23H30N4O5S/c1-14-20(22(29)32-6)21(17-8-7-16(30-4)12-18(17)31-5)27-15(13-33-23(27)25-14)11-19(28)24-9-10-26(2)3/h7-8,12-13,21H,9-11H2,1-6H3,(H,24,28). The molecule has 0 spiro atoms. The number of nitrogens with one attached hydrogen (secondary N) is 1. The fourth-order valence-corrected chi connectivity index (χ4v) is 4.69. The lowest BCUT2D eigenvalue weighted by atomic mass is 9.93. The van der Waals surface area contributed by atoms with E-state index < -0.39 is 12.0 Å². The Bertz CT molecular complexity index is 1020. The maximum atomic E-state index is 12.9. The fourth-order valence-electron chi connectivity index (χ4n) is 3.73. The number of aliphatic imine (C=N–C) groups is 1. The number of methoxy groups -OCH3 is 3. The number of allylic oxidation sites excluding steroid dienone is 1. The van der Waals surface area contributed by atoms with E-state index in [1.54, 1.807) is 27.2 Å². The van der Waals surface area contributed by atoms with E-state index in [0.717, 1.165) is 17.8 Å². The van der Waals surface area contributed by atoms with Crippen LogP contribution in [0.1, 0.15) is 24.9 Å².